The van der Waals surface area contributed by atoms with Crippen LogP contribution in [-0.4, -0.2) is 32.9 Å². The molecule has 23 heavy (non-hydrogen) atoms. The molecule has 3 aromatic heterocycles. The Hall–Kier alpha value is -1.90. The standard InChI is InChI=1S/C15H11N3O2S3/c19-13(12-6-3-8-21-12)20-7-9-22-14-16-17-15-18(14)10-4-1-2-5-11(10)23-15/h1-6,8H,7,9H2. The van der Waals surface area contributed by atoms with Gasteiger partial charge in [0, 0.05) is 5.75 Å². The molecule has 0 amide bonds. The van der Waals surface area contributed by atoms with Gasteiger partial charge in [0.15, 0.2) is 5.16 Å². The molecule has 0 saturated carbocycles. The number of hydrogen-bond donors (Lipinski definition) is 0. The van der Waals surface area contributed by atoms with Gasteiger partial charge in [0.25, 0.3) is 0 Å². The van der Waals surface area contributed by atoms with Crippen molar-refractivity contribution in [3.8, 4) is 0 Å². The van der Waals surface area contributed by atoms with Crippen molar-refractivity contribution in [3.05, 3.63) is 46.7 Å². The number of fused-ring (bicyclic) bond motifs is 3. The Balaban J connectivity index is 1.43. The molecule has 0 spiro atoms. The number of esters is 1. The topological polar surface area (TPSA) is 56.5 Å². The minimum Gasteiger partial charge on any atom is -0.461 e. The summed E-state index contributed by atoms with van der Waals surface area (Å²) in [6, 6.07) is 11.8. The van der Waals surface area contributed by atoms with Gasteiger partial charge in [-0.3, -0.25) is 4.40 Å². The van der Waals surface area contributed by atoms with Gasteiger partial charge < -0.3 is 4.74 Å². The van der Waals surface area contributed by atoms with Crippen LogP contribution in [0.5, 0.6) is 0 Å². The second kappa shape index (κ2) is 6.31. The van der Waals surface area contributed by atoms with Crippen LogP contribution < -0.4 is 0 Å². The van der Waals surface area contributed by atoms with Crippen LogP contribution in [0.3, 0.4) is 0 Å². The van der Waals surface area contributed by atoms with Crippen molar-refractivity contribution in [2.45, 2.75) is 5.16 Å². The molecular weight excluding hydrogens is 350 g/mol. The van der Waals surface area contributed by atoms with E-state index in [4.69, 9.17) is 4.74 Å². The zero-order chi connectivity index (χ0) is 15.6. The maximum Gasteiger partial charge on any atom is 0.348 e. The third-order valence-electron chi connectivity index (χ3n) is 3.18. The van der Waals surface area contributed by atoms with Crippen molar-refractivity contribution in [1.82, 2.24) is 14.6 Å². The van der Waals surface area contributed by atoms with E-state index in [1.165, 1.54) is 27.8 Å². The number of ether oxygens (including phenoxy) is 1. The SMILES string of the molecule is O=C(OCCSc1nnc2sc3ccccc3n12)c1cccs1. The van der Waals surface area contributed by atoms with Gasteiger partial charge >= 0.3 is 5.97 Å². The second-order valence-electron chi connectivity index (χ2n) is 4.63. The molecule has 0 saturated heterocycles. The molecule has 0 aliphatic rings. The number of aromatic nitrogens is 3. The van der Waals surface area contributed by atoms with E-state index >= 15 is 0 Å². The van der Waals surface area contributed by atoms with E-state index in [-0.39, 0.29) is 5.97 Å². The Kier molecular flexibility index (Phi) is 4.02. The van der Waals surface area contributed by atoms with Gasteiger partial charge in [-0.1, -0.05) is 41.3 Å². The summed E-state index contributed by atoms with van der Waals surface area (Å²) in [6.07, 6.45) is 0. The van der Waals surface area contributed by atoms with Crippen molar-refractivity contribution < 1.29 is 9.53 Å². The number of para-hydroxylation sites is 1. The molecule has 0 bridgehead atoms. The highest BCUT2D eigenvalue weighted by Gasteiger charge is 2.13. The predicted octanol–water partition coefficient (Wildman–Crippen LogP) is 3.95. The largest absolute Gasteiger partial charge is 0.461 e. The molecule has 0 radical (unpaired) electrons. The van der Waals surface area contributed by atoms with Gasteiger partial charge in [0.05, 0.1) is 10.2 Å². The predicted molar refractivity (Wildman–Crippen MR) is 93.7 cm³/mol. The van der Waals surface area contributed by atoms with Crippen LogP contribution in [0.25, 0.3) is 15.2 Å². The quantitative estimate of drug-likeness (QED) is 0.306. The van der Waals surface area contributed by atoms with Crippen molar-refractivity contribution in [1.29, 1.82) is 0 Å². The Morgan fingerprint density at radius 2 is 2.13 bits per heavy atom. The van der Waals surface area contributed by atoms with E-state index < -0.39 is 0 Å². The molecule has 116 valence electrons. The fraction of sp³-hybridized carbons (Fsp3) is 0.133. The first-order chi connectivity index (χ1) is 11.3. The minimum absolute atomic E-state index is 0.270. The molecule has 5 nitrogen and oxygen atoms in total. The minimum atomic E-state index is -0.270. The number of rotatable bonds is 5. The Bertz CT molecular complexity index is 959. The average molecular weight is 361 g/mol. The van der Waals surface area contributed by atoms with Crippen LogP contribution in [0.2, 0.25) is 0 Å². The molecule has 4 aromatic rings. The second-order valence-corrected chi connectivity index (χ2v) is 7.65. The summed E-state index contributed by atoms with van der Waals surface area (Å²) >= 11 is 4.54. The smallest absolute Gasteiger partial charge is 0.348 e. The van der Waals surface area contributed by atoms with Crippen LogP contribution >= 0.6 is 34.4 Å². The third kappa shape index (κ3) is 2.85. The van der Waals surface area contributed by atoms with Gasteiger partial charge in [0.1, 0.15) is 11.5 Å². The first-order valence-electron chi connectivity index (χ1n) is 6.89. The summed E-state index contributed by atoms with van der Waals surface area (Å²) in [7, 11) is 0. The van der Waals surface area contributed by atoms with Gasteiger partial charge in [-0.05, 0) is 23.6 Å². The molecule has 3 heterocycles. The lowest BCUT2D eigenvalue weighted by atomic mass is 10.3. The lowest BCUT2D eigenvalue weighted by molar-refractivity contribution is 0.0536. The Morgan fingerprint density at radius 3 is 3.00 bits per heavy atom. The molecule has 0 unspecified atom stereocenters. The average Bonchev–Trinajstić information content (AvgIpc) is 3.28. The van der Waals surface area contributed by atoms with Crippen LogP contribution in [0.15, 0.2) is 46.9 Å². The number of carbonyl (C=O) groups excluding carboxylic acids is 1. The fourth-order valence-corrected chi connectivity index (χ4v) is 4.58. The van der Waals surface area contributed by atoms with E-state index in [1.54, 1.807) is 17.4 Å². The van der Waals surface area contributed by atoms with E-state index in [9.17, 15) is 4.79 Å². The summed E-state index contributed by atoms with van der Waals surface area (Å²) in [5.74, 6) is 0.371. The van der Waals surface area contributed by atoms with Gasteiger partial charge in [0.2, 0.25) is 4.96 Å². The number of thiazole rings is 1. The molecule has 8 heteroatoms. The Morgan fingerprint density at radius 1 is 1.22 bits per heavy atom. The number of benzene rings is 1. The van der Waals surface area contributed by atoms with Gasteiger partial charge in [-0.15, -0.1) is 21.5 Å². The number of hydrogen-bond acceptors (Lipinski definition) is 7. The van der Waals surface area contributed by atoms with E-state index in [0.717, 1.165) is 15.6 Å². The maximum atomic E-state index is 11.8. The van der Waals surface area contributed by atoms with Gasteiger partial charge in [-0.2, -0.15) is 0 Å². The van der Waals surface area contributed by atoms with Crippen molar-refractivity contribution >= 4 is 55.6 Å². The zero-order valence-electron chi connectivity index (χ0n) is 11.8. The summed E-state index contributed by atoms with van der Waals surface area (Å²) in [5, 5.41) is 11.1. The van der Waals surface area contributed by atoms with Crippen LogP contribution in [-0.2, 0) is 4.74 Å². The molecule has 4 rings (SSSR count). The summed E-state index contributed by atoms with van der Waals surface area (Å²) < 4.78 is 8.49. The zero-order valence-corrected chi connectivity index (χ0v) is 14.3. The maximum absolute atomic E-state index is 11.8. The normalized spacial score (nSPS) is 11.3. The van der Waals surface area contributed by atoms with Crippen molar-refractivity contribution in [3.63, 3.8) is 0 Å². The fourth-order valence-electron chi connectivity index (χ4n) is 2.18. The van der Waals surface area contributed by atoms with Crippen molar-refractivity contribution in [2.75, 3.05) is 12.4 Å². The number of thiophene rings is 1. The first-order valence-corrected chi connectivity index (χ1v) is 9.57. The van der Waals surface area contributed by atoms with Crippen LogP contribution in [0.4, 0.5) is 0 Å². The molecular formula is C15H11N3O2S3. The molecule has 0 atom stereocenters. The lowest BCUT2D eigenvalue weighted by Gasteiger charge is -2.02. The molecule has 0 aliphatic heterocycles. The van der Waals surface area contributed by atoms with E-state index in [1.807, 2.05) is 28.0 Å². The Labute approximate surface area is 143 Å². The first kappa shape index (κ1) is 14.7. The molecule has 1 aromatic carbocycles. The van der Waals surface area contributed by atoms with Gasteiger partial charge in [-0.25, -0.2) is 4.79 Å². The monoisotopic (exact) mass is 361 g/mol. The highest BCUT2D eigenvalue weighted by Crippen LogP contribution is 2.29. The van der Waals surface area contributed by atoms with E-state index in [2.05, 4.69) is 22.3 Å². The molecule has 0 aliphatic carbocycles. The van der Waals surface area contributed by atoms with Crippen LogP contribution in [0.1, 0.15) is 9.67 Å². The third-order valence-corrected chi connectivity index (χ3v) is 5.94. The number of thioether (sulfide) groups is 1. The van der Waals surface area contributed by atoms with Crippen molar-refractivity contribution in [2.24, 2.45) is 0 Å². The highest BCUT2D eigenvalue weighted by atomic mass is 32.2. The summed E-state index contributed by atoms with van der Waals surface area (Å²) in [5.41, 5.74) is 1.11. The molecule has 0 N–H and O–H groups in total. The molecule has 0 fully saturated rings. The summed E-state index contributed by atoms with van der Waals surface area (Å²) in [4.78, 5) is 13.3. The van der Waals surface area contributed by atoms with Crippen LogP contribution in [0, 0.1) is 0 Å². The summed E-state index contributed by atoms with van der Waals surface area (Å²) in [6.45, 7) is 0.346. The highest BCUT2D eigenvalue weighted by molar-refractivity contribution is 7.99. The van der Waals surface area contributed by atoms with E-state index in [0.29, 0.717) is 17.2 Å². The number of nitrogens with zero attached hydrogens (tertiary/aromatic N) is 3. The number of carbonyl (C=O) groups is 1. The lowest BCUT2D eigenvalue weighted by Crippen LogP contribution is -2.06.